The molecule has 0 aliphatic carbocycles. The quantitative estimate of drug-likeness (QED) is 0.0286. The number of phenolic OH excluding ortho intramolecular Hbond substituents is 3. The van der Waals surface area contributed by atoms with Crippen LogP contribution >= 0.6 is 0 Å². The van der Waals surface area contributed by atoms with Gasteiger partial charge in [0, 0.05) is 27.9 Å². The minimum absolute atomic E-state index is 0. The van der Waals surface area contributed by atoms with Crippen molar-refractivity contribution in [2.24, 2.45) is 0 Å². The molecule has 13 nitrogen and oxygen atoms in total. The summed E-state index contributed by atoms with van der Waals surface area (Å²) < 4.78 is 11.1. The Morgan fingerprint density at radius 3 is 0.877 bits per heavy atom. The molecule has 0 bridgehead atoms. The molecular formula is C50H48K2O13. The second-order valence-electron chi connectivity index (χ2n) is 12.8. The summed E-state index contributed by atoms with van der Waals surface area (Å²) in [5.74, 6) is 1.99. The van der Waals surface area contributed by atoms with Crippen molar-refractivity contribution < 1.29 is 168 Å². The summed E-state index contributed by atoms with van der Waals surface area (Å²) in [6.45, 7) is 5.24. The van der Waals surface area contributed by atoms with Crippen LogP contribution in [0.25, 0.3) is 24.3 Å². The molecule has 0 aromatic heterocycles. The third kappa shape index (κ3) is 24.8. The molecule has 0 saturated carbocycles. The van der Waals surface area contributed by atoms with E-state index < -0.39 is 0 Å². The summed E-state index contributed by atoms with van der Waals surface area (Å²) in [7, 11) is 0. The van der Waals surface area contributed by atoms with Crippen LogP contribution < -0.4 is 118 Å². The van der Waals surface area contributed by atoms with Crippen molar-refractivity contribution in [1.29, 1.82) is 0 Å². The third-order valence-electron chi connectivity index (χ3n) is 8.02. The first kappa shape index (κ1) is 60.1. The number of allylic oxidation sites excluding steroid dienone is 4. The Morgan fingerprint density at radius 2 is 0.677 bits per heavy atom. The minimum Gasteiger partial charge on any atom is -1.00 e. The van der Waals surface area contributed by atoms with Crippen molar-refractivity contribution in [1.82, 2.24) is 0 Å². The van der Waals surface area contributed by atoms with Crippen LogP contribution in [-0.4, -0.2) is 66.4 Å². The number of carbonyl (C=O) groups is 6. The Kier molecular flexibility index (Phi) is 33.6. The van der Waals surface area contributed by atoms with Crippen LogP contribution in [0.1, 0.15) is 60.7 Å². The first-order chi connectivity index (χ1) is 30.6. The van der Waals surface area contributed by atoms with Crippen LogP contribution in [0.15, 0.2) is 144 Å². The Bertz CT molecular complexity index is 2170. The smallest absolute Gasteiger partial charge is 1.00 e. The Morgan fingerprint density at radius 1 is 0.446 bits per heavy atom. The maximum Gasteiger partial charge on any atom is 1.00 e. The number of aromatic hydroxyl groups is 3. The van der Waals surface area contributed by atoms with E-state index in [9.17, 15) is 34.2 Å². The number of rotatable bonds is 18. The zero-order chi connectivity index (χ0) is 46.2. The number of phenols is 3. The van der Waals surface area contributed by atoms with Crippen LogP contribution in [-0.2, 0) is 28.9 Å². The zero-order valence-corrected chi connectivity index (χ0v) is 42.8. The molecule has 5 rings (SSSR count). The molecule has 0 heterocycles. The fraction of sp³-hybridized carbons (Fsp3) is 0.120. The first-order valence-corrected chi connectivity index (χ1v) is 19.2. The molecule has 65 heavy (non-hydrogen) atoms. The summed E-state index contributed by atoms with van der Waals surface area (Å²) in [6.07, 6.45) is 11.7. The van der Waals surface area contributed by atoms with Gasteiger partial charge in [-0.05, 0) is 132 Å². The molecular weight excluding hydrogens is 887 g/mol. The van der Waals surface area contributed by atoms with Crippen molar-refractivity contribution in [3.8, 4) is 28.7 Å². The molecule has 0 aliphatic rings. The average Bonchev–Trinajstić information content (AvgIpc) is 3.32. The minimum atomic E-state index is -0.181. The van der Waals surface area contributed by atoms with Crippen molar-refractivity contribution in [3.05, 3.63) is 171 Å². The fourth-order valence-corrected chi connectivity index (χ4v) is 4.91. The van der Waals surface area contributed by atoms with E-state index in [0.717, 1.165) is 41.8 Å². The maximum absolute atomic E-state index is 11.6. The summed E-state index contributed by atoms with van der Waals surface area (Å²) in [5.41, 5.74) is 4.71. The van der Waals surface area contributed by atoms with Gasteiger partial charge in [0.15, 0.2) is 25.1 Å². The average molecular weight is 935 g/mol. The molecule has 5 aromatic carbocycles. The summed E-state index contributed by atoms with van der Waals surface area (Å²) >= 11 is 0. The second-order valence-corrected chi connectivity index (χ2v) is 12.8. The van der Waals surface area contributed by atoms with E-state index >= 15 is 0 Å². The second kappa shape index (κ2) is 36.3. The molecule has 0 spiro atoms. The van der Waals surface area contributed by atoms with Crippen LogP contribution in [0.4, 0.5) is 0 Å². The Labute approximate surface area is 464 Å². The van der Waals surface area contributed by atoms with E-state index in [4.69, 9.17) is 24.6 Å². The fourth-order valence-electron chi connectivity index (χ4n) is 4.91. The van der Waals surface area contributed by atoms with Gasteiger partial charge >= 0.3 is 103 Å². The maximum atomic E-state index is 11.6. The van der Waals surface area contributed by atoms with Crippen LogP contribution in [0.5, 0.6) is 28.7 Å². The van der Waals surface area contributed by atoms with E-state index in [1.807, 2.05) is 62.4 Å². The number of carbonyl (C=O) groups excluding carboxylic acids is 6. The van der Waals surface area contributed by atoms with Gasteiger partial charge in [-0.2, -0.15) is 0 Å². The molecule has 0 radical (unpaired) electrons. The number of aldehydes is 5. The molecule has 328 valence electrons. The van der Waals surface area contributed by atoms with Gasteiger partial charge in [-0.25, -0.2) is 0 Å². The molecule has 0 unspecified atom stereocenters. The van der Waals surface area contributed by atoms with Gasteiger partial charge in [-0.1, -0.05) is 62.4 Å². The van der Waals surface area contributed by atoms with Gasteiger partial charge in [0.1, 0.15) is 35.0 Å². The SMILES string of the molecule is CCCOc1ccc(/C=C(C=O)/C(C=O)=C/c2ccc(OCCC)cc2)cc1.O=CC(=C\c1ccc(O)cc1)/C(C=O)=C/c1ccc(O)cc1.O=CO[O-].O=Cc1ccc(O)cc1.[H-].[K+].[K+]. The standard InChI is InChI=1S/C24H26O4.C18H14O4.C7H6O2.CH2O3.2K.H/c1-3-13-27-23-9-5-19(6-10-23)15-21(17-25)22(18-26)16-20-7-11-24(12-8-20)28-14-4-2;19-11-15(9-13-1-5-17(21)6-2-13)16(12-20)10-14-3-7-18(22)8-4-14;8-5-6-1-3-7(9)4-2-6;2-1-4-3;;;/h5-12,15-18H,3-4,13-14H2,1-2H3;1-12,21-22H;1-5,9H;1,3H;;;/q;;;;2*+1;-1/p-1/b21-15+,22-16+;15-9+,16-10+;;;;;. The van der Waals surface area contributed by atoms with E-state index in [1.54, 1.807) is 60.7 Å². The Hall–Kier alpha value is -4.89. The van der Waals surface area contributed by atoms with Gasteiger partial charge in [-0.15, -0.1) is 0 Å². The number of ether oxygens (including phenoxy) is 2. The van der Waals surface area contributed by atoms with Crippen LogP contribution in [0.3, 0.4) is 0 Å². The van der Waals surface area contributed by atoms with Gasteiger partial charge in [-0.3, -0.25) is 28.8 Å². The summed E-state index contributed by atoms with van der Waals surface area (Å²) in [4.78, 5) is 66.9. The number of hydrogen-bond donors (Lipinski definition) is 3. The molecule has 5 aromatic rings. The Balaban J connectivity index is 0. The molecule has 15 heteroatoms. The largest absolute Gasteiger partial charge is 1.00 e. The summed E-state index contributed by atoms with van der Waals surface area (Å²) in [5, 5.41) is 35.7. The van der Waals surface area contributed by atoms with Crippen LogP contribution in [0, 0.1) is 0 Å². The first-order valence-electron chi connectivity index (χ1n) is 19.2. The zero-order valence-electron chi connectivity index (χ0n) is 37.6. The normalized spacial score (nSPS) is 10.7. The van der Waals surface area contributed by atoms with E-state index in [-0.39, 0.29) is 139 Å². The number of benzene rings is 5. The summed E-state index contributed by atoms with van der Waals surface area (Å²) in [6, 6.07) is 33.5. The van der Waals surface area contributed by atoms with Crippen molar-refractivity contribution >= 4 is 62.2 Å². The predicted octanol–water partition coefficient (Wildman–Crippen LogP) is 1.85. The van der Waals surface area contributed by atoms with Gasteiger partial charge < -0.3 is 36.4 Å². The van der Waals surface area contributed by atoms with Crippen LogP contribution in [0.2, 0.25) is 0 Å². The van der Waals surface area contributed by atoms with Crippen molar-refractivity contribution in [2.75, 3.05) is 13.2 Å². The molecule has 0 atom stereocenters. The predicted molar refractivity (Wildman–Crippen MR) is 239 cm³/mol. The van der Waals surface area contributed by atoms with E-state index in [0.29, 0.717) is 66.2 Å². The van der Waals surface area contributed by atoms with E-state index in [1.165, 1.54) is 36.4 Å². The number of hydrogen-bond acceptors (Lipinski definition) is 13. The monoisotopic (exact) mass is 934 g/mol. The molecule has 3 N–H and O–H groups in total. The van der Waals surface area contributed by atoms with Gasteiger partial charge in [0.05, 0.1) is 13.2 Å². The van der Waals surface area contributed by atoms with E-state index in [2.05, 4.69) is 4.89 Å². The third-order valence-corrected chi connectivity index (χ3v) is 8.02. The molecule has 0 aliphatic heterocycles. The van der Waals surface area contributed by atoms with Gasteiger partial charge in [0.2, 0.25) is 0 Å². The van der Waals surface area contributed by atoms with Crippen molar-refractivity contribution in [3.63, 3.8) is 0 Å². The van der Waals surface area contributed by atoms with Gasteiger partial charge in [0.25, 0.3) is 6.47 Å². The van der Waals surface area contributed by atoms with Crippen molar-refractivity contribution in [2.45, 2.75) is 26.7 Å². The molecule has 0 amide bonds. The topological polar surface area (TPSA) is 214 Å². The molecule has 0 fully saturated rings. The molecule has 0 saturated heterocycles.